The summed E-state index contributed by atoms with van der Waals surface area (Å²) in [5.74, 6) is 0. The molecule has 146 valence electrons. The quantitative estimate of drug-likeness (QED) is 0.373. The summed E-state index contributed by atoms with van der Waals surface area (Å²) in [6, 6.07) is 12.6. The number of hydrogen-bond donors (Lipinski definition) is 3. The van der Waals surface area contributed by atoms with Crippen LogP contribution in [0.4, 0.5) is 22.7 Å². The van der Waals surface area contributed by atoms with Gasteiger partial charge in [0, 0.05) is 57.3 Å². The Morgan fingerprint density at radius 1 is 1.29 bits per heavy atom. The highest BCUT2D eigenvalue weighted by Gasteiger charge is 2.24. The number of benzene rings is 2. The minimum atomic E-state index is 0.477. The first-order valence-corrected chi connectivity index (χ1v) is 9.46. The summed E-state index contributed by atoms with van der Waals surface area (Å²) < 4.78 is 0. The lowest BCUT2D eigenvalue weighted by molar-refractivity contribution is -0.107. The van der Waals surface area contributed by atoms with Gasteiger partial charge in [-0.25, -0.2) is 0 Å². The van der Waals surface area contributed by atoms with Crippen molar-refractivity contribution < 1.29 is 4.79 Å². The van der Waals surface area contributed by atoms with Gasteiger partial charge in [-0.2, -0.15) is 0 Å². The Hall–Kier alpha value is -3.28. The molecule has 0 aromatic heterocycles. The first kappa shape index (κ1) is 19.5. The number of aldehydes is 1. The Morgan fingerprint density at radius 2 is 2.14 bits per heavy atom. The van der Waals surface area contributed by atoms with Crippen LogP contribution in [0.25, 0.3) is 5.57 Å². The molecule has 0 fully saturated rings. The minimum absolute atomic E-state index is 0.477. The van der Waals surface area contributed by atoms with E-state index in [0.717, 1.165) is 47.5 Å². The highest BCUT2D eigenvalue weighted by Crippen LogP contribution is 2.42. The van der Waals surface area contributed by atoms with Crippen molar-refractivity contribution in [3.63, 3.8) is 0 Å². The molecule has 1 aliphatic heterocycles. The molecule has 0 spiro atoms. The van der Waals surface area contributed by atoms with Crippen molar-refractivity contribution in [2.75, 3.05) is 42.7 Å². The van der Waals surface area contributed by atoms with Gasteiger partial charge < -0.3 is 26.1 Å². The van der Waals surface area contributed by atoms with Crippen molar-refractivity contribution in [2.45, 2.75) is 12.8 Å². The van der Waals surface area contributed by atoms with Gasteiger partial charge in [0.2, 0.25) is 0 Å². The van der Waals surface area contributed by atoms with Gasteiger partial charge in [0.05, 0.1) is 17.1 Å². The van der Waals surface area contributed by atoms with Gasteiger partial charge >= 0.3 is 0 Å². The summed E-state index contributed by atoms with van der Waals surface area (Å²) in [5, 5.41) is 6.66. The van der Waals surface area contributed by atoms with E-state index >= 15 is 0 Å². The number of aliphatic imine (C=N–C) groups is 1. The van der Waals surface area contributed by atoms with Gasteiger partial charge in [-0.3, -0.25) is 4.99 Å². The van der Waals surface area contributed by atoms with Crippen LogP contribution in [0.1, 0.15) is 17.5 Å². The Morgan fingerprint density at radius 3 is 2.86 bits per heavy atom. The van der Waals surface area contributed by atoms with E-state index in [-0.39, 0.29) is 0 Å². The molecule has 1 aliphatic rings. The Kier molecular flexibility index (Phi) is 6.32. The zero-order chi connectivity index (χ0) is 19.9. The fourth-order valence-corrected chi connectivity index (χ4v) is 3.60. The number of fused-ring (bicyclic) bond motifs is 1. The molecule has 0 saturated heterocycles. The van der Waals surface area contributed by atoms with Gasteiger partial charge in [0.25, 0.3) is 0 Å². The number of allylic oxidation sites excluding steroid dienone is 1. The second kappa shape index (κ2) is 9.08. The summed E-state index contributed by atoms with van der Waals surface area (Å²) in [7, 11) is 3.65. The van der Waals surface area contributed by atoms with Crippen LogP contribution >= 0.6 is 0 Å². The zero-order valence-corrected chi connectivity index (χ0v) is 16.4. The SMILES string of the molecule is CN=CC(=CN)c1ccc2c(c1)CCN2c1cccc(NC)c1NCCC=O. The zero-order valence-electron chi connectivity index (χ0n) is 16.4. The molecule has 2 aromatic carbocycles. The molecular weight excluding hydrogens is 350 g/mol. The number of rotatable bonds is 8. The van der Waals surface area contributed by atoms with Gasteiger partial charge in [-0.05, 0) is 41.8 Å². The number of para-hydroxylation sites is 1. The molecule has 1 heterocycles. The van der Waals surface area contributed by atoms with E-state index in [0.29, 0.717) is 13.0 Å². The van der Waals surface area contributed by atoms with Crippen LogP contribution in [0.3, 0.4) is 0 Å². The highest BCUT2D eigenvalue weighted by atomic mass is 16.1. The average Bonchev–Trinajstić information content (AvgIpc) is 3.15. The van der Waals surface area contributed by atoms with Gasteiger partial charge in [0.1, 0.15) is 6.29 Å². The summed E-state index contributed by atoms with van der Waals surface area (Å²) in [5.41, 5.74) is 13.4. The predicted octanol–water partition coefficient (Wildman–Crippen LogP) is 3.42. The number of nitrogens with two attached hydrogens (primary N) is 1. The molecule has 6 heteroatoms. The second-order valence-corrected chi connectivity index (χ2v) is 6.59. The largest absolute Gasteiger partial charge is 0.404 e. The topological polar surface area (TPSA) is 82.8 Å². The summed E-state index contributed by atoms with van der Waals surface area (Å²) in [4.78, 5) is 17.1. The van der Waals surface area contributed by atoms with Crippen molar-refractivity contribution in [1.82, 2.24) is 0 Å². The Balaban J connectivity index is 1.97. The molecule has 0 radical (unpaired) electrons. The second-order valence-electron chi connectivity index (χ2n) is 6.59. The molecule has 6 nitrogen and oxygen atoms in total. The van der Waals surface area contributed by atoms with Crippen LogP contribution < -0.4 is 21.3 Å². The Labute approximate surface area is 166 Å². The summed E-state index contributed by atoms with van der Waals surface area (Å²) in [6.45, 7) is 1.51. The van der Waals surface area contributed by atoms with Crippen LogP contribution in [0.15, 0.2) is 47.6 Å². The van der Waals surface area contributed by atoms with Crippen molar-refractivity contribution in [3.05, 3.63) is 53.7 Å². The van der Waals surface area contributed by atoms with E-state index in [1.165, 1.54) is 11.3 Å². The minimum Gasteiger partial charge on any atom is -0.404 e. The smallest absolute Gasteiger partial charge is 0.121 e. The van der Waals surface area contributed by atoms with E-state index in [1.807, 2.05) is 19.2 Å². The molecule has 0 saturated carbocycles. The lowest BCUT2D eigenvalue weighted by atomic mass is 10.0. The maximum atomic E-state index is 10.7. The third-order valence-corrected chi connectivity index (χ3v) is 4.92. The highest BCUT2D eigenvalue weighted by molar-refractivity contribution is 6.09. The van der Waals surface area contributed by atoms with Gasteiger partial charge in [-0.1, -0.05) is 12.1 Å². The fourth-order valence-electron chi connectivity index (χ4n) is 3.60. The van der Waals surface area contributed by atoms with Crippen LogP contribution in [0.2, 0.25) is 0 Å². The molecule has 28 heavy (non-hydrogen) atoms. The Bertz CT molecular complexity index is 904. The van der Waals surface area contributed by atoms with Crippen molar-refractivity contribution in [2.24, 2.45) is 10.7 Å². The monoisotopic (exact) mass is 377 g/mol. The molecule has 2 aromatic rings. The van der Waals surface area contributed by atoms with E-state index in [2.05, 4.69) is 44.8 Å². The number of anilines is 4. The first-order chi connectivity index (χ1) is 13.7. The number of nitrogens with one attached hydrogen (secondary N) is 2. The van der Waals surface area contributed by atoms with Crippen molar-refractivity contribution in [1.29, 1.82) is 0 Å². The van der Waals surface area contributed by atoms with E-state index < -0.39 is 0 Å². The molecule has 0 atom stereocenters. The average molecular weight is 377 g/mol. The number of carbonyl (C=O) groups excluding carboxylic acids is 1. The standard InChI is InChI=1S/C22H27N5O/c1-24-15-18(14-23)16-7-8-20-17(13-16)9-11-27(20)21-6-3-5-19(25-2)22(21)26-10-4-12-28/h3,5-8,12-15,25-26H,4,9-11,23H2,1-2H3. The predicted molar refractivity (Wildman–Crippen MR) is 119 cm³/mol. The van der Waals surface area contributed by atoms with Crippen LogP contribution in [0.5, 0.6) is 0 Å². The molecule has 4 N–H and O–H groups in total. The normalized spacial score (nSPS) is 13.6. The molecule has 3 rings (SSSR count). The maximum absolute atomic E-state index is 10.7. The fraction of sp³-hybridized carbons (Fsp3) is 0.273. The number of nitrogens with zero attached hydrogens (tertiary/aromatic N) is 2. The van der Waals surface area contributed by atoms with Gasteiger partial charge in [0.15, 0.2) is 0 Å². The summed E-state index contributed by atoms with van der Waals surface area (Å²) >= 11 is 0. The van der Waals surface area contributed by atoms with Crippen LogP contribution in [-0.4, -0.2) is 39.7 Å². The van der Waals surface area contributed by atoms with Crippen molar-refractivity contribution >= 4 is 40.8 Å². The molecule has 0 bridgehead atoms. The molecule has 0 amide bonds. The number of hydrogen-bond acceptors (Lipinski definition) is 6. The molecule has 0 unspecified atom stereocenters. The van der Waals surface area contributed by atoms with Crippen LogP contribution in [-0.2, 0) is 11.2 Å². The first-order valence-electron chi connectivity index (χ1n) is 9.46. The lowest BCUT2D eigenvalue weighted by Gasteiger charge is -2.25. The van der Waals surface area contributed by atoms with E-state index in [4.69, 9.17) is 5.73 Å². The molecule has 0 aliphatic carbocycles. The lowest BCUT2D eigenvalue weighted by Crippen LogP contribution is -2.17. The van der Waals surface area contributed by atoms with Gasteiger partial charge in [-0.15, -0.1) is 0 Å². The maximum Gasteiger partial charge on any atom is 0.121 e. The van der Waals surface area contributed by atoms with Crippen molar-refractivity contribution in [3.8, 4) is 0 Å². The third kappa shape index (κ3) is 3.86. The van der Waals surface area contributed by atoms with E-state index in [9.17, 15) is 4.79 Å². The van der Waals surface area contributed by atoms with E-state index in [1.54, 1.807) is 19.5 Å². The molecular formula is C22H27N5O. The number of carbonyl (C=O) groups is 1. The third-order valence-electron chi connectivity index (χ3n) is 4.92. The van der Waals surface area contributed by atoms with Crippen LogP contribution in [0, 0.1) is 0 Å². The summed E-state index contributed by atoms with van der Waals surface area (Å²) in [6.07, 6.45) is 5.74.